The molecule has 2 aromatic carbocycles. The molecule has 2 rings (SSSR count). The van der Waals surface area contributed by atoms with Crippen LogP contribution in [0.4, 0.5) is 9.18 Å². The van der Waals surface area contributed by atoms with Crippen LogP contribution in [0.2, 0.25) is 0 Å². The van der Waals surface area contributed by atoms with Crippen LogP contribution in [-0.2, 0) is 16.6 Å². The number of nitrogens with zero attached hydrogens (tertiary/aromatic N) is 1. The largest absolute Gasteiger partial charge is 0.334 e. The number of amides is 2. The molecule has 2 amide bonds. The zero-order valence-corrected chi connectivity index (χ0v) is 15.7. The zero-order valence-electron chi connectivity index (χ0n) is 14.9. The molecule has 0 spiro atoms. The number of halogens is 1. The molecule has 0 aliphatic heterocycles. The maximum atomic E-state index is 13.8. The third kappa shape index (κ3) is 4.59. The number of sulfonamides is 1. The van der Waals surface area contributed by atoms with Gasteiger partial charge in [0.2, 0.25) is 10.0 Å². The van der Waals surface area contributed by atoms with Gasteiger partial charge in [-0.1, -0.05) is 36.4 Å². The molecule has 0 bridgehead atoms. The van der Waals surface area contributed by atoms with Gasteiger partial charge in [-0.2, -0.15) is 0 Å². The monoisotopic (exact) mass is 379 g/mol. The third-order valence-corrected chi connectivity index (χ3v) is 5.81. The van der Waals surface area contributed by atoms with Crippen molar-refractivity contribution in [1.82, 2.24) is 14.9 Å². The smallest absolute Gasteiger partial charge is 0.315 e. The SMILES string of the molecule is CC(NC(=O)NCc1ccccc1S(=O)(=O)N(C)C)c1ccccc1F. The summed E-state index contributed by atoms with van der Waals surface area (Å²) in [6.45, 7) is 1.70. The molecule has 2 N–H and O–H groups in total. The maximum Gasteiger partial charge on any atom is 0.315 e. The fourth-order valence-electron chi connectivity index (χ4n) is 2.43. The van der Waals surface area contributed by atoms with Gasteiger partial charge in [0.05, 0.1) is 10.9 Å². The Morgan fingerprint density at radius 3 is 2.38 bits per heavy atom. The zero-order chi connectivity index (χ0) is 19.3. The van der Waals surface area contributed by atoms with Gasteiger partial charge in [-0.05, 0) is 24.6 Å². The molecule has 140 valence electrons. The molecule has 1 unspecified atom stereocenters. The van der Waals surface area contributed by atoms with Gasteiger partial charge in [0.25, 0.3) is 0 Å². The van der Waals surface area contributed by atoms with Crippen LogP contribution in [0.5, 0.6) is 0 Å². The molecule has 2 aromatic rings. The van der Waals surface area contributed by atoms with E-state index in [1.54, 1.807) is 43.3 Å². The van der Waals surface area contributed by atoms with Crippen LogP contribution in [0.1, 0.15) is 24.1 Å². The summed E-state index contributed by atoms with van der Waals surface area (Å²) in [6.07, 6.45) is 0. The van der Waals surface area contributed by atoms with Crippen LogP contribution in [0, 0.1) is 5.82 Å². The Bertz CT molecular complexity index is 885. The van der Waals surface area contributed by atoms with Crippen LogP contribution in [0.15, 0.2) is 53.4 Å². The van der Waals surface area contributed by atoms with Crippen molar-refractivity contribution < 1.29 is 17.6 Å². The molecule has 0 aliphatic rings. The summed E-state index contributed by atoms with van der Waals surface area (Å²) in [5.74, 6) is -0.400. The van der Waals surface area contributed by atoms with E-state index in [9.17, 15) is 17.6 Å². The quantitative estimate of drug-likeness (QED) is 0.810. The minimum atomic E-state index is -3.62. The van der Waals surface area contributed by atoms with E-state index in [1.807, 2.05) is 0 Å². The second-order valence-electron chi connectivity index (χ2n) is 5.97. The number of carbonyl (C=O) groups is 1. The van der Waals surface area contributed by atoms with Crippen LogP contribution in [-0.4, -0.2) is 32.8 Å². The average Bonchev–Trinajstić information content (AvgIpc) is 2.60. The first-order valence-corrected chi connectivity index (χ1v) is 9.46. The minimum Gasteiger partial charge on any atom is -0.334 e. The van der Waals surface area contributed by atoms with Crippen molar-refractivity contribution in [1.29, 1.82) is 0 Å². The first-order valence-electron chi connectivity index (χ1n) is 8.02. The summed E-state index contributed by atoms with van der Waals surface area (Å²) in [5, 5.41) is 5.25. The molecular weight excluding hydrogens is 357 g/mol. The highest BCUT2D eigenvalue weighted by molar-refractivity contribution is 7.89. The van der Waals surface area contributed by atoms with Gasteiger partial charge in [0.1, 0.15) is 5.82 Å². The number of nitrogens with one attached hydrogen (secondary N) is 2. The predicted octanol–water partition coefficient (Wildman–Crippen LogP) is 2.64. The Labute approximate surface area is 153 Å². The lowest BCUT2D eigenvalue weighted by molar-refractivity contribution is 0.237. The summed E-state index contributed by atoms with van der Waals surface area (Å²) in [4.78, 5) is 12.2. The molecule has 6 nitrogen and oxygen atoms in total. The summed E-state index contributed by atoms with van der Waals surface area (Å²) in [6, 6.07) is 11.6. The van der Waals surface area contributed by atoms with Gasteiger partial charge >= 0.3 is 6.03 Å². The van der Waals surface area contributed by atoms with E-state index in [0.717, 1.165) is 4.31 Å². The fourth-order valence-corrected chi connectivity index (χ4v) is 3.54. The lowest BCUT2D eigenvalue weighted by Gasteiger charge is -2.17. The molecule has 0 aromatic heterocycles. The molecule has 0 saturated heterocycles. The first-order chi connectivity index (χ1) is 12.2. The Kier molecular flexibility index (Phi) is 6.33. The van der Waals surface area contributed by atoms with Gasteiger partial charge in [-0.15, -0.1) is 0 Å². The maximum absolute atomic E-state index is 13.8. The van der Waals surface area contributed by atoms with Crippen molar-refractivity contribution in [3.8, 4) is 0 Å². The lowest BCUT2D eigenvalue weighted by Crippen LogP contribution is -2.37. The summed E-state index contributed by atoms with van der Waals surface area (Å²) in [7, 11) is -0.722. The Hall–Kier alpha value is -2.45. The number of benzene rings is 2. The summed E-state index contributed by atoms with van der Waals surface area (Å²) >= 11 is 0. The van der Waals surface area contributed by atoms with Gasteiger partial charge in [-0.25, -0.2) is 21.9 Å². The number of carbonyl (C=O) groups excluding carboxylic acids is 1. The molecule has 0 fully saturated rings. The molecule has 1 atom stereocenters. The first kappa shape index (κ1) is 19.9. The highest BCUT2D eigenvalue weighted by Crippen LogP contribution is 2.19. The Balaban J connectivity index is 2.06. The summed E-state index contributed by atoms with van der Waals surface area (Å²) < 4.78 is 39.6. The van der Waals surface area contributed by atoms with E-state index in [0.29, 0.717) is 11.1 Å². The van der Waals surface area contributed by atoms with Crippen LogP contribution >= 0.6 is 0 Å². The minimum absolute atomic E-state index is 0.0269. The molecule has 0 saturated carbocycles. The fraction of sp³-hybridized carbons (Fsp3) is 0.278. The van der Waals surface area contributed by atoms with E-state index in [-0.39, 0.29) is 11.4 Å². The Morgan fingerprint density at radius 2 is 1.73 bits per heavy atom. The second-order valence-corrected chi connectivity index (χ2v) is 8.09. The van der Waals surface area contributed by atoms with Crippen LogP contribution in [0.25, 0.3) is 0 Å². The number of rotatable bonds is 6. The standard InChI is InChI=1S/C18H22FN3O3S/c1-13(15-9-5-6-10-16(15)19)21-18(23)20-12-14-8-4-7-11-17(14)26(24,25)22(2)3/h4-11,13H,12H2,1-3H3,(H2,20,21,23). The van der Waals surface area contributed by atoms with Crippen LogP contribution in [0.3, 0.4) is 0 Å². The van der Waals surface area contributed by atoms with Gasteiger partial charge < -0.3 is 10.6 Å². The molecule has 0 aliphatic carbocycles. The molecule has 0 radical (unpaired) electrons. The van der Waals surface area contributed by atoms with E-state index in [1.165, 1.54) is 26.2 Å². The third-order valence-electron chi connectivity index (χ3n) is 3.89. The average molecular weight is 379 g/mol. The van der Waals surface area contributed by atoms with Crippen molar-refractivity contribution in [2.45, 2.75) is 24.4 Å². The predicted molar refractivity (Wildman–Crippen MR) is 97.5 cm³/mol. The van der Waals surface area contributed by atoms with Gasteiger partial charge in [0, 0.05) is 26.2 Å². The highest BCUT2D eigenvalue weighted by Gasteiger charge is 2.21. The van der Waals surface area contributed by atoms with Crippen molar-refractivity contribution in [3.63, 3.8) is 0 Å². The topological polar surface area (TPSA) is 78.5 Å². The molecule has 8 heteroatoms. The normalized spacial score (nSPS) is 12.7. The van der Waals surface area contributed by atoms with E-state index >= 15 is 0 Å². The van der Waals surface area contributed by atoms with Gasteiger partial charge in [-0.3, -0.25) is 0 Å². The molecule has 26 heavy (non-hydrogen) atoms. The highest BCUT2D eigenvalue weighted by atomic mass is 32.2. The van der Waals surface area contributed by atoms with Crippen LogP contribution < -0.4 is 10.6 Å². The second kappa shape index (κ2) is 8.29. The van der Waals surface area contributed by atoms with Crippen molar-refractivity contribution in [3.05, 3.63) is 65.5 Å². The Morgan fingerprint density at radius 1 is 1.12 bits per heavy atom. The summed E-state index contributed by atoms with van der Waals surface area (Å²) in [5.41, 5.74) is 0.841. The number of urea groups is 1. The van der Waals surface area contributed by atoms with Crippen molar-refractivity contribution >= 4 is 16.1 Å². The molecular formula is C18H22FN3O3S. The van der Waals surface area contributed by atoms with Crippen molar-refractivity contribution in [2.24, 2.45) is 0 Å². The number of hydrogen-bond acceptors (Lipinski definition) is 3. The van der Waals surface area contributed by atoms with Crippen molar-refractivity contribution in [2.75, 3.05) is 14.1 Å². The van der Waals surface area contributed by atoms with E-state index < -0.39 is 27.9 Å². The number of hydrogen-bond donors (Lipinski definition) is 2. The lowest BCUT2D eigenvalue weighted by atomic mass is 10.1. The van der Waals surface area contributed by atoms with E-state index in [4.69, 9.17) is 0 Å². The van der Waals surface area contributed by atoms with Gasteiger partial charge in [0.15, 0.2) is 0 Å². The van der Waals surface area contributed by atoms with E-state index in [2.05, 4.69) is 10.6 Å². The molecule has 0 heterocycles.